The van der Waals surface area contributed by atoms with E-state index >= 15 is 0 Å². The summed E-state index contributed by atoms with van der Waals surface area (Å²) < 4.78 is 29.8. The van der Waals surface area contributed by atoms with Crippen molar-refractivity contribution >= 4 is 59.3 Å². The summed E-state index contributed by atoms with van der Waals surface area (Å²) >= 11 is 4.78. The maximum atomic E-state index is 14.2. The van der Waals surface area contributed by atoms with Crippen LogP contribution < -0.4 is 0 Å². The second kappa shape index (κ2) is 6.02. The van der Waals surface area contributed by atoms with Gasteiger partial charge in [-0.25, -0.2) is 9.97 Å². The van der Waals surface area contributed by atoms with Crippen LogP contribution in [0.1, 0.15) is 5.56 Å². The summed E-state index contributed by atoms with van der Waals surface area (Å²) in [6.07, 6.45) is 1.10. The van der Waals surface area contributed by atoms with E-state index in [0.717, 1.165) is 25.8 Å². The van der Waals surface area contributed by atoms with Crippen molar-refractivity contribution in [2.75, 3.05) is 6.26 Å². The molecule has 1 atom stereocenters. The van der Waals surface area contributed by atoms with Crippen molar-refractivity contribution in [3.63, 3.8) is 0 Å². The highest BCUT2D eigenvalue weighted by molar-refractivity contribution is 9.10. The van der Waals surface area contributed by atoms with Gasteiger partial charge in [0.2, 0.25) is 0 Å². The zero-order valence-corrected chi connectivity index (χ0v) is 15.7. The average Bonchev–Trinajstić information content (AvgIpc) is 3.08. The van der Waals surface area contributed by atoms with Crippen LogP contribution in [-0.4, -0.2) is 25.0 Å². The molecule has 0 amide bonds. The third-order valence-corrected chi connectivity index (χ3v) is 6.53. The molecule has 1 unspecified atom stereocenters. The number of thiazole rings is 1. The zero-order valence-electron chi connectivity index (χ0n) is 12.5. The zero-order chi connectivity index (χ0) is 16.8. The van der Waals surface area contributed by atoms with Gasteiger partial charge < -0.3 is 0 Å². The number of aromatic nitrogens is 3. The molecule has 24 heavy (non-hydrogen) atoms. The lowest BCUT2D eigenvalue weighted by Crippen LogP contribution is -2.02. The third-order valence-electron chi connectivity index (χ3n) is 3.68. The van der Waals surface area contributed by atoms with Crippen molar-refractivity contribution in [1.82, 2.24) is 14.5 Å². The minimum atomic E-state index is -1.10. The van der Waals surface area contributed by atoms with Gasteiger partial charge in [-0.15, -0.1) is 11.3 Å². The van der Waals surface area contributed by atoms with Gasteiger partial charge in [-0.2, -0.15) is 4.39 Å². The number of fused-ring (bicyclic) bond motifs is 2. The fourth-order valence-corrected chi connectivity index (χ4v) is 4.65. The van der Waals surface area contributed by atoms with Crippen LogP contribution in [0.5, 0.6) is 0 Å². The van der Waals surface area contributed by atoms with Crippen molar-refractivity contribution in [3.05, 3.63) is 52.5 Å². The van der Waals surface area contributed by atoms with Crippen LogP contribution >= 0.6 is 27.3 Å². The largest absolute Gasteiger partial charge is 0.296 e. The SMILES string of the molecule is CS(=O)c1nc2ccc(Cn3c(F)nc4cc(Br)ccc43)cc2s1. The first-order valence-electron chi connectivity index (χ1n) is 7.05. The van der Waals surface area contributed by atoms with Crippen LogP contribution in [0.25, 0.3) is 21.3 Å². The Kier molecular flexibility index (Phi) is 3.98. The number of halogens is 2. The molecule has 122 valence electrons. The topological polar surface area (TPSA) is 47.8 Å². The van der Waals surface area contributed by atoms with Gasteiger partial charge >= 0.3 is 0 Å². The molecule has 2 heterocycles. The number of imidazole rings is 1. The molecule has 0 bridgehead atoms. The molecular weight excluding hydrogens is 413 g/mol. The van der Waals surface area contributed by atoms with Gasteiger partial charge in [0.05, 0.1) is 38.6 Å². The van der Waals surface area contributed by atoms with Crippen LogP contribution in [0.2, 0.25) is 0 Å². The molecular formula is C16H11BrFN3OS2. The molecule has 4 nitrogen and oxygen atoms in total. The molecule has 4 rings (SSSR count). The Balaban J connectivity index is 1.76. The van der Waals surface area contributed by atoms with Crippen LogP contribution in [0.4, 0.5) is 4.39 Å². The van der Waals surface area contributed by atoms with E-state index in [1.54, 1.807) is 16.9 Å². The average molecular weight is 424 g/mol. The first-order chi connectivity index (χ1) is 11.5. The van der Waals surface area contributed by atoms with Crippen LogP contribution in [-0.2, 0) is 17.3 Å². The number of hydrogen-bond donors (Lipinski definition) is 0. The summed E-state index contributed by atoms with van der Waals surface area (Å²) in [4.78, 5) is 8.32. The highest BCUT2D eigenvalue weighted by Gasteiger charge is 2.12. The second-order valence-corrected chi connectivity index (χ2v) is 8.84. The van der Waals surface area contributed by atoms with E-state index in [4.69, 9.17) is 0 Å². The molecule has 0 spiro atoms. The number of benzene rings is 2. The molecule has 2 aromatic carbocycles. The maximum Gasteiger partial charge on any atom is 0.290 e. The normalized spacial score (nSPS) is 13.0. The minimum absolute atomic E-state index is 0.377. The number of nitrogens with zero attached hydrogens (tertiary/aromatic N) is 3. The Labute approximate surface area is 151 Å². The smallest absolute Gasteiger partial charge is 0.290 e. The summed E-state index contributed by atoms with van der Waals surface area (Å²) in [5.41, 5.74) is 3.12. The first kappa shape index (κ1) is 15.9. The van der Waals surface area contributed by atoms with Crippen molar-refractivity contribution in [2.24, 2.45) is 0 Å². The van der Waals surface area contributed by atoms with Gasteiger partial charge in [0.25, 0.3) is 6.08 Å². The van der Waals surface area contributed by atoms with Gasteiger partial charge in [-0.3, -0.25) is 8.78 Å². The standard InChI is InChI=1S/C16H11BrFN3OS2/c1-24(22)16-20-11-4-2-9(6-14(11)23-16)8-21-13-5-3-10(17)7-12(13)19-15(21)18/h2-7H,8H2,1H3. The Hall–Kier alpha value is -1.64. The molecule has 4 aromatic rings. The predicted molar refractivity (Wildman–Crippen MR) is 98.4 cm³/mol. The summed E-state index contributed by atoms with van der Waals surface area (Å²) in [5, 5.41) is 0. The molecule has 0 aliphatic rings. The van der Waals surface area contributed by atoms with E-state index < -0.39 is 16.9 Å². The molecule has 0 saturated carbocycles. The monoisotopic (exact) mass is 423 g/mol. The Morgan fingerprint density at radius 2 is 2.04 bits per heavy atom. The van der Waals surface area contributed by atoms with Gasteiger partial charge in [0, 0.05) is 10.7 Å². The predicted octanol–water partition coefficient (Wildman–Crippen LogP) is 4.33. The molecule has 0 aliphatic carbocycles. The molecule has 0 aliphatic heterocycles. The quantitative estimate of drug-likeness (QED) is 0.492. The van der Waals surface area contributed by atoms with Crippen molar-refractivity contribution in [2.45, 2.75) is 10.9 Å². The van der Waals surface area contributed by atoms with Crippen molar-refractivity contribution in [1.29, 1.82) is 0 Å². The number of rotatable bonds is 3. The maximum absolute atomic E-state index is 14.2. The van der Waals surface area contributed by atoms with E-state index in [1.807, 2.05) is 30.3 Å². The highest BCUT2D eigenvalue weighted by atomic mass is 79.9. The number of hydrogen-bond acceptors (Lipinski definition) is 4. The fourth-order valence-electron chi connectivity index (χ4n) is 2.58. The lowest BCUT2D eigenvalue weighted by Gasteiger charge is -2.05. The van der Waals surface area contributed by atoms with Gasteiger partial charge in [0.1, 0.15) is 0 Å². The van der Waals surface area contributed by atoms with E-state index in [9.17, 15) is 8.60 Å². The molecule has 0 saturated heterocycles. The minimum Gasteiger partial charge on any atom is -0.296 e. The summed E-state index contributed by atoms with van der Waals surface area (Å²) in [5.74, 6) is 0. The van der Waals surface area contributed by atoms with E-state index in [2.05, 4.69) is 25.9 Å². The molecule has 8 heteroatoms. The summed E-state index contributed by atoms with van der Waals surface area (Å²) in [6, 6.07) is 11.3. The van der Waals surface area contributed by atoms with Gasteiger partial charge in [0.15, 0.2) is 4.34 Å². The Morgan fingerprint density at radius 3 is 2.83 bits per heavy atom. The lowest BCUT2D eigenvalue weighted by atomic mass is 10.2. The lowest BCUT2D eigenvalue weighted by molar-refractivity contribution is 0.492. The fraction of sp³-hybridized carbons (Fsp3) is 0.125. The van der Waals surface area contributed by atoms with Crippen LogP contribution in [0.3, 0.4) is 0 Å². The van der Waals surface area contributed by atoms with E-state index in [1.165, 1.54) is 11.3 Å². The summed E-state index contributed by atoms with van der Waals surface area (Å²) in [7, 11) is -1.10. The van der Waals surface area contributed by atoms with Crippen molar-refractivity contribution < 1.29 is 8.60 Å². The van der Waals surface area contributed by atoms with E-state index in [-0.39, 0.29) is 0 Å². The van der Waals surface area contributed by atoms with Crippen LogP contribution in [0, 0.1) is 6.08 Å². The third kappa shape index (κ3) is 2.78. The molecule has 0 fully saturated rings. The van der Waals surface area contributed by atoms with Crippen molar-refractivity contribution in [3.8, 4) is 0 Å². The molecule has 2 aromatic heterocycles. The Morgan fingerprint density at radius 1 is 1.21 bits per heavy atom. The van der Waals surface area contributed by atoms with E-state index in [0.29, 0.717) is 16.4 Å². The Bertz CT molecular complexity index is 1110. The van der Waals surface area contributed by atoms with Gasteiger partial charge in [-0.1, -0.05) is 22.0 Å². The molecule has 0 radical (unpaired) electrons. The molecule has 0 N–H and O–H groups in total. The first-order valence-corrected chi connectivity index (χ1v) is 10.2. The summed E-state index contributed by atoms with van der Waals surface area (Å²) in [6.45, 7) is 0.377. The van der Waals surface area contributed by atoms with Gasteiger partial charge in [-0.05, 0) is 35.9 Å². The van der Waals surface area contributed by atoms with Crippen LogP contribution in [0.15, 0.2) is 45.2 Å². The second-order valence-electron chi connectivity index (χ2n) is 5.34. The highest BCUT2D eigenvalue weighted by Crippen LogP contribution is 2.26.